The predicted molar refractivity (Wildman–Crippen MR) is 109 cm³/mol. The van der Waals surface area contributed by atoms with Gasteiger partial charge in [0.1, 0.15) is 0 Å². The molecule has 0 aliphatic heterocycles. The molecule has 1 N–H and O–H groups in total. The molecular formula is C22H32ClNO. The van der Waals surface area contributed by atoms with Crippen LogP contribution in [0.4, 0.5) is 0 Å². The van der Waals surface area contributed by atoms with Crippen LogP contribution in [0.2, 0.25) is 0 Å². The van der Waals surface area contributed by atoms with E-state index in [9.17, 15) is 5.11 Å². The fourth-order valence-electron chi connectivity index (χ4n) is 3.71. The third kappa shape index (κ3) is 5.57. The smallest absolute Gasteiger partial charge is 0.0692 e. The highest BCUT2D eigenvalue weighted by Gasteiger charge is 2.38. The van der Waals surface area contributed by atoms with Crippen LogP contribution in [0.1, 0.15) is 43.9 Å². The average Bonchev–Trinajstić information content (AvgIpc) is 2.61. The molecule has 2 rings (SSSR count). The molecule has 25 heavy (non-hydrogen) atoms. The molecule has 2 nitrogen and oxygen atoms in total. The highest BCUT2D eigenvalue weighted by molar-refractivity contribution is 5.85. The van der Waals surface area contributed by atoms with Crippen molar-refractivity contribution in [2.24, 2.45) is 5.92 Å². The van der Waals surface area contributed by atoms with Crippen molar-refractivity contribution in [3.63, 3.8) is 0 Å². The van der Waals surface area contributed by atoms with Gasteiger partial charge < -0.3 is 10.0 Å². The Kier molecular flexibility index (Phi) is 8.64. The maximum absolute atomic E-state index is 11.4. The molecule has 2 aromatic carbocycles. The summed E-state index contributed by atoms with van der Waals surface area (Å²) in [7, 11) is 4.20. The Bertz CT molecular complexity index is 602. The first kappa shape index (κ1) is 21.7. The van der Waals surface area contributed by atoms with Crippen LogP contribution >= 0.6 is 12.4 Å². The van der Waals surface area contributed by atoms with Gasteiger partial charge in [0.15, 0.2) is 0 Å². The Morgan fingerprint density at radius 2 is 1.48 bits per heavy atom. The number of aryl methyl sites for hydroxylation is 1. The lowest BCUT2D eigenvalue weighted by Gasteiger charge is -2.41. The number of hydrogen-bond acceptors (Lipinski definition) is 2. The summed E-state index contributed by atoms with van der Waals surface area (Å²) >= 11 is 0. The van der Waals surface area contributed by atoms with Crippen molar-refractivity contribution >= 4 is 12.4 Å². The summed E-state index contributed by atoms with van der Waals surface area (Å²) in [6.45, 7) is 4.28. The zero-order chi connectivity index (χ0) is 17.6. The first-order chi connectivity index (χ1) is 11.5. The minimum absolute atomic E-state index is 0. The lowest BCUT2D eigenvalue weighted by molar-refractivity contribution is -0.0519. The molecule has 0 saturated heterocycles. The zero-order valence-electron chi connectivity index (χ0n) is 15.9. The van der Waals surface area contributed by atoms with Crippen molar-refractivity contribution in [3.05, 3.63) is 71.8 Å². The quantitative estimate of drug-likeness (QED) is 0.705. The number of aliphatic hydroxyl groups is 1. The van der Waals surface area contributed by atoms with E-state index in [-0.39, 0.29) is 24.4 Å². The number of rotatable bonds is 8. The summed E-state index contributed by atoms with van der Waals surface area (Å²) < 4.78 is 0. The number of halogens is 1. The van der Waals surface area contributed by atoms with Crippen molar-refractivity contribution in [1.29, 1.82) is 0 Å². The molecule has 0 amide bonds. The largest absolute Gasteiger partial charge is 0.390 e. The number of nitrogens with zero attached hydrogens (tertiary/aromatic N) is 1. The monoisotopic (exact) mass is 361 g/mol. The lowest BCUT2D eigenvalue weighted by atomic mass is 9.75. The molecule has 0 aromatic heterocycles. The maximum Gasteiger partial charge on any atom is 0.0692 e. The normalized spacial score (nSPS) is 15.9. The van der Waals surface area contributed by atoms with E-state index in [0.29, 0.717) is 0 Å². The van der Waals surface area contributed by atoms with Gasteiger partial charge in [-0.15, -0.1) is 12.4 Å². The molecule has 3 atom stereocenters. The molecule has 0 bridgehead atoms. The number of hydrogen-bond donors (Lipinski definition) is 1. The van der Waals surface area contributed by atoms with Crippen LogP contribution in [0.25, 0.3) is 0 Å². The molecule has 2 aromatic rings. The molecule has 0 aliphatic rings. The highest BCUT2D eigenvalue weighted by Crippen LogP contribution is 2.38. The van der Waals surface area contributed by atoms with Gasteiger partial charge >= 0.3 is 0 Å². The van der Waals surface area contributed by atoms with Crippen LogP contribution in [0, 0.1) is 5.92 Å². The standard InChI is InChI=1S/C22H31NO.ClH/c1-5-22(24,17-16-19-12-8-6-9-13-19)18(2)21(23(3)4)20-14-10-7-11-15-20;/h6-15,18,21,24H,5,16-17H2,1-4H3;1H. The first-order valence-corrected chi connectivity index (χ1v) is 8.95. The molecule has 0 fully saturated rings. The second-order valence-corrected chi connectivity index (χ2v) is 7.05. The molecule has 0 heterocycles. The topological polar surface area (TPSA) is 23.5 Å². The van der Waals surface area contributed by atoms with Crippen LogP contribution in [0.5, 0.6) is 0 Å². The summed E-state index contributed by atoms with van der Waals surface area (Å²) in [4.78, 5) is 2.23. The van der Waals surface area contributed by atoms with E-state index < -0.39 is 5.60 Å². The summed E-state index contributed by atoms with van der Waals surface area (Å²) in [6.07, 6.45) is 2.45. The third-order valence-corrected chi connectivity index (χ3v) is 5.32. The SMILES string of the molecule is CCC(O)(CCc1ccccc1)C(C)C(c1ccccc1)N(C)C.Cl. The predicted octanol–water partition coefficient (Wildman–Crippen LogP) is 5.12. The molecule has 0 saturated carbocycles. The molecule has 3 unspecified atom stereocenters. The molecule has 138 valence electrons. The van der Waals surface area contributed by atoms with E-state index in [1.165, 1.54) is 11.1 Å². The second-order valence-electron chi connectivity index (χ2n) is 7.05. The molecule has 0 radical (unpaired) electrons. The van der Waals surface area contributed by atoms with Gasteiger partial charge in [-0.2, -0.15) is 0 Å². The van der Waals surface area contributed by atoms with Gasteiger partial charge in [0.2, 0.25) is 0 Å². The summed E-state index contributed by atoms with van der Waals surface area (Å²) in [5, 5.41) is 11.4. The Morgan fingerprint density at radius 1 is 0.960 bits per heavy atom. The first-order valence-electron chi connectivity index (χ1n) is 8.95. The van der Waals surface area contributed by atoms with E-state index in [1.54, 1.807) is 0 Å². The van der Waals surface area contributed by atoms with Crippen LogP contribution in [0.3, 0.4) is 0 Å². The number of benzene rings is 2. The highest BCUT2D eigenvalue weighted by atomic mass is 35.5. The Hall–Kier alpha value is -1.35. The van der Waals surface area contributed by atoms with Gasteiger partial charge in [0.25, 0.3) is 0 Å². The summed E-state index contributed by atoms with van der Waals surface area (Å²) in [5.41, 5.74) is 1.87. The summed E-state index contributed by atoms with van der Waals surface area (Å²) in [6, 6.07) is 21.2. The Morgan fingerprint density at radius 3 is 1.96 bits per heavy atom. The van der Waals surface area contributed by atoms with Gasteiger partial charge in [0, 0.05) is 12.0 Å². The van der Waals surface area contributed by atoms with Crippen molar-refractivity contribution < 1.29 is 5.11 Å². The Labute approximate surface area is 159 Å². The van der Waals surface area contributed by atoms with Crippen LogP contribution in [-0.4, -0.2) is 29.7 Å². The lowest BCUT2D eigenvalue weighted by Crippen LogP contribution is -2.43. The fraction of sp³-hybridized carbons (Fsp3) is 0.455. The van der Waals surface area contributed by atoms with Crippen molar-refractivity contribution in [2.75, 3.05) is 14.1 Å². The fourth-order valence-corrected chi connectivity index (χ4v) is 3.71. The minimum atomic E-state index is -0.680. The van der Waals surface area contributed by atoms with Gasteiger partial charge in [0.05, 0.1) is 5.60 Å². The minimum Gasteiger partial charge on any atom is -0.390 e. The van der Waals surface area contributed by atoms with Crippen molar-refractivity contribution in [3.8, 4) is 0 Å². The van der Waals surface area contributed by atoms with Gasteiger partial charge in [-0.25, -0.2) is 0 Å². The van der Waals surface area contributed by atoms with Gasteiger partial charge in [-0.05, 0) is 44.5 Å². The molecule has 0 aliphatic carbocycles. The van der Waals surface area contributed by atoms with Crippen LogP contribution in [-0.2, 0) is 6.42 Å². The van der Waals surface area contributed by atoms with Crippen LogP contribution in [0.15, 0.2) is 60.7 Å². The zero-order valence-corrected chi connectivity index (χ0v) is 16.7. The molecular weight excluding hydrogens is 330 g/mol. The maximum atomic E-state index is 11.4. The van der Waals surface area contributed by atoms with Gasteiger partial charge in [-0.1, -0.05) is 74.5 Å². The van der Waals surface area contributed by atoms with E-state index in [1.807, 2.05) is 12.1 Å². The van der Waals surface area contributed by atoms with E-state index >= 15 is 0 Å². The average molecular weight is 362 g/mol. The van der Waals surface area contributed by atoms with Gasteiger partial charge in [-0.3, -0.25) is 0 Å². The van der Waals surface area contributed by atoms with Crippen molar-refractivity contribution in [1.82, 2.24) is 4.90 Å². The molecule has 3 heteroatoms. The van der Waals surface area contributed by atoms with E-state index in [4.69, 9.17) is 0 Å². The Balaban J connectivity index is 0.00000312. The van der Waals surface area contributed by atoms with Crippen molar-refractivity contribution in [2.45, 2.75) is 44.8 Å². The summed E-state index contributed by atoms with van der Waals surface area (Å²) in [5.74, 6) is 0.142. The van der Waals surface area contributed by atoms with E-state index in [2.05, 4.69) is 81.4 Å². The van der Waals surface area contributed by atoms with Crippen LogP contribution < -0.4 is 0 Å². The third-order valence-electron chi connectivity index (χ3n) is 5.32. The molecule has 0 spiro atoms. The second kappa shape index (κ2) is 9.96. The van der Waals surface area contributed by atoms with E-state index in [0.717, 1.165) is 19.3 Å².